The molecular weight excluding hydrogens is 312 g/mol. The average Bonchev–Trinajstić information content (AvgIpc) is 2.61. The van der Waals surface area contributed by atoms with Gasteiger partial charge in [0.05, 0.1) is 31.3 Å². The number of pyridine rings is 1. The highest BCUT2D eigenvalue weighted by atomic mass is 28.3. The molecule has 126 valence electrons. The van der Waals surface area contributed by atoms with Gasteiger partial charge in [0, 0.05) is 26.2 Å². The van der Waals surface area contributed by atoms with Crippen molar-refractivity contribution in [2.75, 3.05) is 41.3 Å². The Morgan fingerprint density at radius 1 is 1.00 bits per heavy atom. The van der Waals surface area contributed by atoms with Crippen molar-refractivity contribution >= 4 is 31.0 Å². The summed E-state index contributed by atoms with van der Waals surface area (Å²) in [6, 6.07) is 15.7. The normalized spacial score (nSPS) is 19.6. The van der Waals surface area contributed by atoms with Crippen molar-refractivity contribution in [3.8, 4) is 0 Å². The lowest BCUT2D eigenvalue weighted by Crippen LogP contribution is -2.42. The van der Waals surface area contributed by atoms with Gasteiger partial charge in [-0.25, -0.2) is 4.98 Å². The van der Waals surface area contributed by atoms with Gasteiger partial charge in [-0.2, -0.15) is 0 Å². The van der Waals surface area contributed by atoms with Gasteiger partial charge >= 0.3 is 0 Å². The van der Waals surface area contributed by atoms with Crippen LogP contribution >= 0.6 is 0 Å². The summed E-state index contributed by atoms with van der Waals surface area (Å²) in [4.78, 5) is 9.59. The summed E-state index contributed by atoms with van der Waals surface area (Å²) in [5.74, 6) is 1.04. The first kappa shape index (κ1) is 15.5. The number of aromatic nitrogens is 1. The standard InChI is InChI=1S/C19H26N4Si/c1-24(2)13-11-22(12-14-24)16-7-8-19(21-15-16)23-10-9-20-17-5-3-4-6-18(17)23/h3-8,15,20H,9-14H2,1-2H3. The summed E-state index contributed by atoms with van der Waals surface area (Å²) in [6.45, 7) is 9.30. The lowest BCUT2D eigenvalue weighted by atomic mass is 10.2. The third-order valence-corrected chi connectivity index (χ3v) is 8.49. The molecule has 0 bridgehead atoms. The molecule has 1 N–H and O–H groups in total. The average molecular weight is 339 g/mol. The second kappa shape index (κ2) is 6.13. The van der Waals surface area contributed by atoms with E-state index in [2.05, 4.69) is 70.8 Å². The van der Waals surface area contributed by atoms with Crippen molar-refractivity contribution in [3.05, 3.63) is 42.6 Å². The molecule has 0 unspecified atom stereocenters. The number of para-hydroxylation sites is 2. The number of nitrogens with one attached hydrogen (secondary N) is 1. The number of rotatable bonds is 2. The van der Waals surface area contributed by atoms with Gasteiger partial charge in [-0.15, -0.1) is 0 Å². The van der Waals surface area contributed by atoms with E-state index >= 15 is 0 Å². The number of fused-ring (bicyclic) bond motifs is 1. The third kappa shape index (κ3) is 3.00. The fraction of sp³-hybridized carbons (Fsp3) is 0.421. The van der Waals surface area contributed by atoms with Crippen LogP contribution in [0.4, 0.5) is 22.9 Å². The van der Waals surface area contributed by atoms with Crippen LogP contribution in [0.5, 0.6) is 0 Å². The topological polar surface area (TPSA) is 31.4 Å². The summed E-state index contributed by atoms with van der Waals surface area (Å²) in [7, 11) is -0.920. The molecule has 24 heavy (non-hydrogen) atoms. The lowest BCUT2D eigenvalue weighted by Gasteiger charge is -2.37. The van der Waals surface area contributed by atoms with E-state index < -0.39 is 8.07 Å². The zero-order valence-electron chi connectivity index (χ0n) is 14.6. The zero-order chi connectivity index (χ0) is 16.6. The molecule has 0 aliphatic carbocycles. The summed E-state index contributed by atoms with van der Waals surface area (Å²) >= 11 is 0. The molecule has 4 nitrogen and oxygen atoms in total. The van der Waals surface area contributed by atoms with E-state index in [-0.39, 0.29) is 0 Å². The summed E-state index contributed by atoms with van der Waals surface area (Å²) < 4.78 is 0. The Bertz CT molecular complexity index is 704. The number of hydrogen-bond acceptors (Lipinski definition) is 4. The van der Waals surface area contributed by atoms with Crippen LogP contribution in [0.1, 0.15) is 0 Å². The van der Waals surface area contributed by atoms with Crippen molar-refractivity contribution in [1.82, 2.24) is 4.98 Å². The van der Waals surface area contributed by atoms with Gasteiger partial charge in [-0.1, -0.05) is 25.2 Å². The minimum absolute atomic E-state index is 0.920. The summed E-state index contributed by atoms with van der Waals surface area (Å²) in [5.41, 5.74) is 3.68. The maximum Gasteiger partial charge on any atom is 0.133 e. The SMILES string of the molecule is C[Si]1(C)CCN(c2ccc(N3CCNc4ccccc43)nc2)CC1. The first-order chi connectivity index (χ1) is 11.6. The molecule has 0 saturated carbocycles. The Kier molecular flexibility index (Phi) is 3.96. The minimum Gasteiger partial charge on any atom is -0.382 e. The Morgan fingerprint density at radius 2 is 1.79 bits per heavy atom. The minimum atomic E-state index is -0.920. The van der Waals surface area contributed by atoms with Gasteiger partial charge in [0.2, 0.25) is 0 Å². The van der Waals surface area contributed by atoms with Gasteiger partial charge in [0.25, 0.3) is 0 Å². The molecule has 1 aromatic carbocycles. The van der Waals surface area contributed by atoms with Crippen LogP contribution in [0.3, 0.4) is 0 Å². The Hall–Kier alpha value is -2.01. The van der Waals surface area contributed by atoms with E-state index in [4.69, 9.17) is 4.98 Å². The first-order valence-electron chi connectivity index (χ1n) is 8.94. The van der Waals surface area contributed by atoms with Crippen LogP contribution < -0.4 is 15.1 Å². The van der Waals surface area contributed by atoms with Crippen molar-refractivity contribution in [1.29, 1.82) is 0 Å². The van der Waals surface area contributed by atoms with Crippen LogP contribution in [0.15, 0.2) is 42.6 Å². The van der Waals surface area contributed by atoms with Gasteiger partial charge in [-0.05, 0) is 36.4 Å². The van der Waals surface area contributed by atoms with Crippen LogP contribution in [0, 0.1) is 0 Å². The molecule has 0 radical (unpaired) electrons. The van der Waals surface area contributed by atoms with E-state index in [0.717, 1.165) is 18.9 Å². The maximum atomic E-state index is 4.78. The van der Waals surface area contributed by atoms with Crippen molar-refractivity contribution in [2.24, 2.45) is 0 Å². The zero-order valence-corrected chi connectivity index (χ0v) is 15.6. The van der Waals surface area contributed by atoms with Crippen molar-refractivity contribution in [2.45, 2.75) is 25.2 Å². The monoisotopic (exact) mass is 338 g/mol. The number of benzene rings is 1. The Labute approximate surface area is 145 Å². The molecule has 0 spiro atoms. The van der Waals surface area contributed by atoms with Crippen molar-refractivity contribution < 1.29 is 0 Å². The lowest BCUT2D eigenvalue weighted by molar-refractivity contribution is 0.802. The number of nitrogens with zero attached hydrogens (tertiary/aromatic N) is 3. The van der Waals surface area contributed by atoms with Gasteiger partial charge in [-0.3, -0.25) is 0 Å². The summed E-state index contributed by atoms with van der Waals surface area (Å²) in [5, 5.41) is 3.46. The van der Waals surface area contributed by atoms with E-state index in [1.54, 1.807) is 0 Å². The van der Waals surface area contributed by atoms with Crippen molar-refractivity contribution in [3.63, 3.8) is 0 Å². The van der Waals surface area contributed by atoms with Gasteiger partial charge < -0.3 is 15.1 Å². The molecular formula is C19H26N4Si. The first-order valence-corrected chi connectivity index (χ1v) is 12.4. The number of anilines is 4. The molecule has 4 rings (SSSR count). The third-order valence-electron chi connectivity index (χ3n) is 5.34. The molecule has 1 saturated heterocycles. The van der Waals surface area contributed by atoms with Crippen LogP contribution in [-0.4, -0.2) is 39.2 Å². The molecule has 0 atom stereocenters. The second-order valence-corrected chi connectivity index (χ2v) is 12.9. The van der Waals surface area contributed by atoms with E-state index in [0.29, 0.717) is 0 Å². The quantitative estimate of drug-likeness (QED) is 0.833. The molecule has 1 aromatic heterocycles. The summed E-state index contributed by atoms with van der Waals surface area (Å²) in [6.07, 6.45) is 2.06. The van der Waals surface area contributed by atoms with Gasteiger partial charge in [0.1, 0.15) is 5.82 Å². The van der Waals surface area contributed by atoms with Crippen LogP contribution in [0.2, 0.25) is 25.2 Å². The molecule has 3 heterocycles. The maximum absolute atomic E-state index is 4.78. The molecule has 2 aliphatic rings. The fourth-order valence-corrected chi connectivity index (χ4v) is 5.61. The van der Waals surface area contributed by atoms with E-state index in [1.165, 1.54) is 42.2 Å². The van der Waals surface area contributed by atoms with Gasteiger partial charge in [0.15, 0.2) is 0 Å². The predicted octanol–water partition coefficient (Wildman–Crippen LogP) is 4.17. The molecule has 2 aliphatic heterocycles. The fourth-order valence-electron chi connectivity index (χ4n) is 3.61. The Morgan fingerprint density at radius 3 is 2.54 bits per heavy atom. The van der Waals surface area contributed by atoms with Crippen LogP contribution in [0.25, 0.3) is 0 Å². The van der Waals surface area contributed by atoms with E-state index in [9.17, 15) is 0 Å². The highest BCUT2D eigenvalue weighted by Gasteiger charge is 2.27. The second-order valence-electron chi connectivity index (χ2n) is 7.62. The molecule has 5 heteroatoms. The van der Waals surface area contributed by atoms with E-state index in [1.807, 2.05) is 0 Å². The molecule has 0 amide bonds. The molecule has 2 aromatic rings. The number of hydrogen-bond donors (Lipinski definition) is 1. The predicted molar refractivity (Wildman–Crippen MR) is 105 cm³/mol. The van der Waals surface area contributed by atoms with Crippen LogP contribution in [-0.2, 0) is 0 Å². The molecule has 1 fully saturated rings. The highest BCUT2D eigenvalue weighted by molar-refractivity contribution is 6.77. The largest absolute Gasteiger partial charge is 0.382 e. The highest BCUT2D eigenvalue weighted by Crippen LogP contribution is 2.34. The Balaban J connectivity index is 1.53. The smallest absolute Gasteiger partial charge is 0.133 e.